The Morgan fingerprint density at radius 2 is 1.75 bits per heavy atom. The summed E-state index contributed by atoms with van der Waals surface area (Å²) in [5.74, 6) is -0.999. The molecule has 14 heteroatoms. The first-order valence-corrected chi connectivity index (χ1v) is 15.4. The predicted octanol–water partition coefficient (Wildman–Crippen LogP) is 2.57. The van der Waals surface area contributed by atoms with Crippen LogP contribution >= 0.6 is 11.6 Å². The number of carbonyl (C=O) groups is 2. The van der Waals surface area contributed by atoms with E-state index in [9.17, 15) is 18.3 Å². The second-order valence-electron chi connectivity index (χ2n) is 10.8. The van der Waals surface area contributed by atoms with Crippen molar-refractivity contribution in [3.8, 4) is 17.2 Å². The van der Waals surface area contributed by atoms with Crippen LogP contribution in [-0.2, 0) is 25.2 Å². The van der Waals surface area contributed by atoms with Crippen molar-refractivity contribution in [2.45, 2.75) is 35.9 Å². The normalized spacial score (nSPS) is 21.7. The summed E-state index contributed by atoms with van der Waals surface area (Å²) in [5.41, 5.74) is -0.899. The lowest BCUT2D eigenvalue weighted by Gasteiger charge is -2.42. The van der Waals surface area contributed by atoms with Crippen molar-refractivity contribution in [2.75, 3.05) is 46.3 Å². The predicted molar refractivity (Wildman–Crippen MR) is 162 cm³/mol. The van der Waals surface area contributed by atoms with Gasteiger partial charge in [-0.2, -0.15) is 4.31 Å². The maximum Gasteiger partial charge on any atom is 0.275 e. The van der Waals surface area contributed by atoms with E-state index < -0.39 is 33.6 Å². The number of sulfonamides is 1. The molecule has 0 aliphatic carbocycles. The lowest BCUT2D eigenvalue weighted by molar-refractivity contribution is -0.138. The number of β-amino-alcohol motifs (C(OH)–C–C–N with tert-alkyl or cyclic N) is 1. The van der Waals surface area contributed by atoms with E-state index in [1.807, 2.05) is 6.92 Å². The van der Waals surface area contributed by atoms with Gasteiger partial charge in [0.15, 0.2) is 11.4 Å². The summed E-state index contributed by atoms with van der Waals surface area (Å²) in [6.45, 7) is 1.67. The molecule has 2 amide bonds. The topological polar surface area (TPSA) is 139 Å². The van der Waals surface area contributed by atoms with Gasteiger partial charge in [0.1, 0.15) is 22.1 Å². The van der Waals surface area contributed by atoms with Crippen LogP contribution in [0.5, 0.6) is 17.2 Å². The molecule has 0 radical (unpaired) electrons. The first-order valence-electron chi connectivity index (χ1n) is 13.6. The molecule has 5 rings (SSSR count). The van der Waals surface area contributed by atoms with Crippen LogP contribution in [0.25, 0.3) is 0 Å². The standard InChI is InChI=1S/C30H33ClN4O8S/c1-17-7-9-24(42-5)21(11-17)30(34-16-19(36)13-23(34)28(37)33(2)3)22-12-18(31)15-32-27(22)35(29(30)38)44(39,40)26-10-8-20(41-4)14-25(26)43-6/h7-12,14-15,19,23,36H,13,16H2,1-6H3/t19-,23+,30?/m1/s1. The van der Waals surface area contributed by atoms with Crippen LogP contribution in [0, 0.1) is 6.92 Å². The van der Waals surface area contributed by atoms with Gasteiger partial charge < -0.3 is 24.2 Å². The van der Waals surface area contributed by atoms with Crippen molar-refractivity contribution < 1.29 is 37.3 Å². The highest BCUT2D eigenvalue weighted by Gasteiger charge is 2.64. The van der Waals surface area contributed by atoms with E-state index in [-0.39, 0.29) is 57.2 Å². The van der Waals surface area contributed by atoms with Crippen LogP contribution < -0.4 is 18.5 Å². The maximum atomic E-state index is 15.2. The second kappa shape index (κ2) is 11.5. The number of rotatable bonds is 8. The van der Waals surface area contributed by atoms with Gasteiger partial charge in [0.25, 0.3) is 15.9 Å². The average Bonchev–Trinajstić information content (AvgIpc) is 3.50. The lowest BCUT2D eigenvalue weighted by atomic mass is 9.80. The van der Waals surface area contributed by atoms with Crippen LogP contribution in [0.3, 0.4) is 0 Å². The molecule has 3 atom stereocenters. The number of likely N-dealkylation sites (N-methyl/N-ethyl adjacent to an activating group) is 1. The van der Waals surface area contributed by atoms with Crippen LogP contribution in [-0.4, -0.2) is 94.2 Å². The molecule has 2 aromatic carbocycles. The number of fused-ring (bicyclic) bond motifs is 1. The van der Waals surface area contributed by atoms with Crippen LogP contribution in [0.1, 0.15) is 23.1 Å². The molecule has 1 fully saturated rings. The quantitative estimate of drug-likeness (QED) is 0.389. The number of aliphatic hydroxyl groups excluding tert-OH is 1. The molecule has 44 heavy (non-hydrogen) atoms. The summed E-state index contributed by atoms with van der Waals surface area (Å²) in [5, 5.41) is 11.1. The minimum Gasteiger partial charge on any atom is -0.497 e. The molecule has 0 saturated carbocycles. The van der Waals surface area contributed by atoms with Crippen molar-refractivity contribution in [2.24, 2.45) is 0 Å². The third-order valence-electron chi connectivity index (χ3n) is 7.98. The number of methoxy groups -OCH3 is 3. The number of aryl methyl sites for hydroxylation is 1. The number of aliphatic hydroxyl groups is 1. The third-order valence-corrected chi connectivity index (χ3v) is 9.90. The summed E-state index contributed by atoms with van der Waals surface area (Å²) in [6.07, 6.45) is 0.238. The summed E-state index contributed by atoms with van der Waals surface area (Å²) >= 11 is 6.49. The Morgan fingerprint density at radius 1 is 1.05 bits per heavy atom. The number of benzene rings is 2. The SMILES string of the molecule is COc1ccc(S(=O)(=O)N2C(=O)C(c3cc(C)ccc3OC)(N3C[C@H](O)C[C@H]3C(=O)N(C)C)c3cc(Cl)cnc32)c(OC)c1. The van der Waals surface area contributed by atoms with Gasteiger partial charge in [-0.25, -0.2) is 13.4 Å². The molecule has 2 aliphatic rings. The van der Waals surface area contributed by atoms with Gasteiger partial charge in [0.05, 0.1) is 38.5 Å². The number of pyridine rings is 1. The molecule has 3 aromatic rings. The fourth-order valence-electron chi connectivity index (χ4n) is 6.04. The van der Waals surface area contributed by atoms with Gasteiger partial charge in [-0.3, -0.25) is 14.5 Å². The van der Waals surface area contributed by atoms with Crippen molar-refractivity contribution in [3.63, 3.8) is 0 Å². The highest BCUT2D eigenvalue weighted by atomic mass is 35.5. The number of anilines is 1. The van der Waals surface area contributed by atoms with E-state index in [0.29, 0.717) is 10.1 Å². The molecule has 1 N–H and O–H groups in total. The number of aromatic nitrogens is 1. The minimum absolute atomic E-state index is 0.00253. The van der Waals surface area contributed by atoms with Crippen molar-refractivity contribution >= 4 is 39.3 Å². The Labute approximate surface area is 260 Å². The smallest absolute Gasteiger partial charge is 0.275 e. The molecular formula is C30H33ClN4O8S. The van der Waals surface area contributed by atoms with E-state index >= 15 is 4.79 Å². The van der Waals surface area contributed by atoms with Gasteiger partial charge in [-0.1, -0.05) is 23.2 Å². The lowest BCUT2D eigenvalue weighted by Crippen LogP contribution is -2.59. The van der Waals surface area contributed by atoms with E-state index in [0.717, 1.165) is 5.56 Å². The summed E-state index contributed by atoms with van der Waals surface area (Å²) in [7, 11) is 2.58. The highest BCUT2D eigenvalue weighted by molar-refractivity contribution is 7.93. The zero-order valence-corrected chi connectivity index (χ0v) is 26.6. The molecular weight excluding hydrogens is 612 g/mol. The third kappa shape index (κ3) is 4.74. The van der Waals surface area contributed by atoms with Gasteiger partial charge in [-0.05, 0) is 43.7 Å². The van der Waals surface area contributed by atoms with Gasteiger partial charge >= 0.3 is 0 Å². The Morgan fingerprint density at radius 3 is 2.39 bits per heavy atom. The molecule has 0 spiro atoms. The van der Waals surface area contributed by atoms with Crippen molar-refractivity contribution in [1.82, 2.24) is 14.8 Å². The van der Waals surface area contributed by atoms with E-state index in [2.05, 4.69) is 4.98 Å². The number of nitrogens with zero attached hydrogens (tertiary/aromatic N) is 4. The fraction of sp³-hybridized carbons (Fsp3) is 0.367. The van der Waals surface area contributed by atoms with Crippen LogP contribution in [0.4, 0.5) is 5.82 Å². The Balaban J connectivity index is 1.88. The van der Waals surface area contributed by atoms with Crippen molar-refractivity contribution in [1.29, 1.82) is 0 Å². The molecule has 1 unspecified atom stereocenters. The number of halogens is 1. The molecule has 12 nitrogen and oxygen atoms in total. The van der Waals surface area contributed by atoms with Gasteiger partial charge in [0, 0.05) is 44.0 Å². The molecule has 2 aliphatic heterocycles. The van der Waals surface area contributed by atoms with E-state index in [1.165, 1.54) is 61.6 Å². The molecule has 0 bridgehead atoms. The Kier molecular flexibility index (Phi) is 8.27. The minimum atomic E-state index is -4.72. The van der Waals surface area contributed by atoms with Gasteiger partial charge in [-0.15, -0.1) is 0 Å². The number of amides is 2. The summed E-state index contributed by atoms with van der Waals surface area (Å²) in [6, 6.07) is 9.70. The zero-order valence-electron chi connectivity index (χ0n) is 25.1. The Bertz CT molecular complexity index is 1750. The van der Waals surface area contributed by atoms with Crippen LogP contribution in [0.15, 0.2) is 53.6 Å². The number of likely N-dealkylation sites (tertiary alicyclic amines) is 1. The maximum absolute atomic E-state index is 15.2. The van der Waals surface area contributed by atoms with E-state index in [4.69, 9.17) is 25.8 Å². The second-order valence-corrected chi connectivity index (χ2v) is 13.0. The van der Waals surface area contributed by atoms with Crippen LogP contribution in [0.2, 0.25) is 5.02 Å². The summed E-state index contributed by atoms with van der Waals surface area (Å²) in [4.78, 5) is 35.8. The Hall–Kier alpha value is -3.91. The number of carbonyl (C=O) groups excluding carboxylic acids is 2. The van der Waals surface area contributed by atoms with Gasteiger partial charge in [0.2, 0.25) is 5.91 Å². The monoisotopic (exact) mass is 644 g/mol. The number of hydrogen-bond acceptors (Lipinski definition) is 10. The first-order chi connectivity index (χ1) is 20.8. The number of ether oxygens (including phenoxy) is 3. The average molecular weight is 645 g/mol. The molecule has 3 heterocycles. The highest BCUT2D eigenvalue weighted by Crippen LogP contribution is 2.54. The number of hydrogen-bond donors (Lipinski definition) is 1. The molecule has 234 valence electrons. The largest absolute Gasteiger partial charge is 0.497 e. The zero-order chi connectivity index (χ0) is 32.1. The first kappa shape index (κ1) is 31.5. The van der Waals surface area contributed by atoms with Crippen molar-refractivity contribution in [3.05, 3.63) is 70.4 Å². The molecule has 1 saturated heterocycles. The van der Waals surface area contributed by atoms with E-state index in [1.54, 1.807) is 32.3 Å². The fourth-order valence-corrected chi connectivity index (χ4v) is 7.76. The summed E-state index contributed by atoms with van der Waals surface area (Å²) < 4.78 is 46.1. The molecule has 1 aromatic heterocycles.